The van der Waals surface area contributed by atoms with Crippen LogP contribution < -0.4 is 5.32 Å². The molecule has 0 aliphatic rings. The number of carbonyl (C=O) groups is 1. The third kappa shape index (κ3) is 3.59. The summed E-state index contributed by atoms with van der Waals surface area (Å²) in [6, 6.07) is 5.23. The van der Waals surface area contributed by atoms with E-state index in [1.807, 2.05) is 11.4 Å². The molecule has 0 fully saturated rings. The predicted octanol–water partition coefficient (Wildman–Crippen LogP) is 3.70. The Morgan fingerprint density at radius 1 is 1.47 bits per heavy atom. The summed E-state index contributed by atoms with van der Waals surface area (Å²) in [5.74, 6) is -0.346. The maximum Gasteiger partial charge on any atom is 0.325 e. The number of hydrogen-bond donors (Lipinski definition) is 1. The molecular formula is C12H10Cl2N2O2S. The van der Waals surface area contributed by atoms with Crippen LogP contribution >= 0.6 is 34.5 Å². The van der Waals surface area contributed by atoms with Gasteiger partial charge < -0.3 is 10.1 Å². The fourth-order valence-corrected chi connectivity index (χ4v) is 2.61. The molecular weight excluding hydrogens is 307 g/mol. The molecule has 0 atom stereocenters. The second-order valence-electron chi connectivity index (χ2n) is 3.59. The van der Waals surface area contributed by atoms with Gasteiger partial charge in [-0.15, -0.1) is 11.3 Å². The first-order valence-corrected chi connectivity index (χ1v) is 6.95. The molecule has 4 nitrogen and oxygen atoms in total. The van der Waals surface area contributed by atoms with Crippen LogP contribution in [-0.4, -0.2) is 24.6 Å². The van der Waals surface area contributed by atoms with E-state index in [9.17, 15) is 4.79 Å². The van der Waals surface area contributed by atoms with Crippen molar-refractivity contribution in [1.82, 2.24) is 4.98 Å². The lowest BCUT2D eigenvalue weighted by Crippen LogP contribution is -2.14. The molecule has 1 N–H and O–H groups in total. The summed E-state index contributed by atoms with van der Waals surface area (Å²) in [4.78, 5) is 15.4. The summed E-state index contributed by atoms with van der Waals surface area (Å²) in [6.45, 7) is 0.0812. The van der Waals surface area contributed by atoms with Gasteiger partial charge in [0.15, 0.2) is 5.13 Å². The van der Waals surface area contributed by atoms with Gasteiger partial charge in [-0.1, -0.05) is 23.2 Å². The van der Waals surface area contributed by atoms with Crippen molar-refractivity contribution in [3.8, 4) is 11.3 Å². The van der Waals surface area contributed by atoms with E-state index in [0.717, 1.165) is 11.3 Å². The molecule has 7 heteroatoms. The zero-order valence-corrected chi connectivity index (χ0v) is 12.3. The Kier molecular flexibility index (Phi) is 4.63. The quantitative estimate of drug-likeness (QED) is 0.874. The highest BCUT2D eigenvalue weighted by atomic mass is 35.5. The Morgan fingerprint density at radius 2 is 2.26 bits per heavy atom. The number of aromatic nitrogens is 1. The molecule has 0 unspecified atom stereocenters. The van der Waals surface area contributed by atoms with Crippen LogP contribution in [0.4, 0.5) is 5.13 Å². The molecule has 0 bridgehead atoms. The van der Waals surface area contributed by atoms with Crippen LogP contribution in [0.25, 0.3) is 11.3 Å². The second kappa shape index (κ2) is 6.23. The SMILES string of the molecule is COC(=O)CNc1nc(-c2ccc(Cl)cc2Cl)cs1. The Hall–Kier alpha value is -1.30. The Labute approximate surface area is 124 Å². The van der Waals surface area contributed by atoms with Crippen molar-refractivity contribution in [3.05, 3.63) is 33.6 Å². The number of methoxy groups -OCH3 is 1. The van der Waals surface area contributed by atoms with Crippen molar-refractivity contribution in [2.24, 2.45) is 0 Å². The van der Waals surface area contributed by atoms with E-state index in [-0.39, 0.29) is 12.5 Å². The highest BCUT2D eigenvalue weighted by molar-refractivity contribution is 7.14. The lowest BCUT2D eigenvalue weighted by Gasteiger charge is -2.01. The number of esters is 1. The summed E-state index contributed by atoms with van der Waals surface area (Å²) >= 11 is 13.3. The highest BCUT2D eigenvalue weighted by Gasteiger charge is 2.09. The number of benzene rings is 1. The average molecular weight is 317 g/mol. The minimum Gasteiger partial charge on any atom is -0.468 e. The number of hydrogen-bond acceptors (Lipinski definition) is 5. The maximum absolute atomic E-state index is 11.0. The van der Waals surface area contributed by atoms with Crippen LogP contribution in [0.2, 0.25) is 10.0 Å². The Bertz CT molecular complexity index is 601. The molecule has 0 aliphatic carbocycles. The minimum atomic E-state index is -0.346. The summed E-state index contributed by atoms with van der Waals surface area (Å²) in [7, 11) is 1.34. The van der Waals surface area contributed by atoms with Crippen molar-refractivity contribution >= 4 is 45.6 Å². The van der Waals surface area contributed by atoms with Gasteiger partial charge in [-0.3, -0.25) is 4.79 Å². The summed E-state index contributed by atoms with van der Waals surface area (Å²) in [5, 5.41) is 6.48. The second-order valence-corrected chi connectivity index (χ2v) is 5.29. The van der Waals surface area contributed by atoms with Crippen LogP contribution in [0.1, 0.15) is 0 Å². The van der Waals surface area contributed by atoms with Crippen LogP contribution in [0.5, 0.6) is 0 Å². The minimum absolute atomic E-state index is 0.0812. The van der Waals surface area contributed by atoms with Crippen LogP contribution in [0.15, 0.2) is 23.6 Å². The van der Waals surface area contributed by atoms with Crippen molar-refractivity contribution in [2.75, 3.05) is 19.0 Å². The summed E-state index contributed by atoms with van der Waals surface area (Å²) in [5.41, 5.74) is 1.53. The van der Waals surface area contributed by atoms with Gasteiger partial charge in [0, 0.05) is 16.0 Å². The molecule has 1 heterocycles. The first kappa shape index (κ1) is 14.1. The number of nitrogens with zero attached hydrogens (tertiary/aromatic N) is 1. The number of nitrogens with one attached hydrogen (secondary N) is 1. The molecule has 2 aromatic rings. The third-order valence-corrected chi connectivity index (χ3v) is 3.67. The van der Waals surface area contributed by atoms with Crippen molar-refractivity contribution in [3.63, 3.8) is 0 Å². The van der Waals surface area contributed by atoms with E-state index >= 15 is 0 Å². The van der Waals surface area contributed by atoms with Gasteiger partial charge in [0.25, 0.3) is 0 Å². The monoisotopic (exact) mass is 316 g/mol. The van der Waals surface area contributed by atoms with Gasteiger partial charge >= 0.3 is 5.97 Å². The maximum atomic E-state index is 11.0. The topological polar surface area (TPSA) is 51.2 Å². The normalized spacial score (nSPS) is 10.3. The lowest BCUT2D eigenvalue weighted by atomic mass is 10.2. The number of carbonyl (C=O) groups excluding carboxylic acids is 1. The molecule has 0 saturated heterocycles. The van der Waals surface area contributed by atoms with Crippen molar-refractivity contribution in [2.45, 2.75) is 0 Å². The Balaban J connectivity index is 2.14. The molecule has 0 aliphatic heterocycles. The van der Waals surface area contributed by atoms with E-state index in [0.29, 0.717) is 15.2 Å². The fourth-order valence-electron chi connectivity index (χ4n) is 1.40. The predicted molar refractivity (Wildman–Crippen MR) is 78.1 cm³/mol. The average Bonchev–Trinajstić information content (AvgIpc) is 2.84. The van der Waals surface area contributed by atoms with Crippen molar-refractivity contribution < 1.29 is 9.53 Å². The molecule has 0 radical (unpaired) electrons. The van der Waals surface area contributed by atoms with Gasteiger partial charge in [-0.2, -0.15) is 0 Å². The fraction of sp³-hybridized carbons (Fsp3) is 0.167. The molecule has 0 amide bonds. The number of rotatable bonds is 4. The first-order chi connectivity index (χ1) is 9.10. The van der Waals surface area contributed by atoms with E-state index in [1.54, 1.807) is 12.1 Å². The molecule has 1 aromatic carbocycles. The highest BCUT2D eigenvalue weighted by Crippen LogP contribution is 2.32. The zero-order chi connectivity index (χ0) is 13.8. The largest absolute Gasteiger partial charge is 0.468 e. The molecule has 0 spiro atoms. The van der Waals surface area contributed by atoms with Gasteiger partial charge in [0.1, 0.15) is 6.54 Å². The summed E-state index contributed by atoms with van der Waals surface area (Å²) < 4.78 is 4.54. The standard InChI is InChI=1S/C12H10Cl2N2O2S/c1-18-11(17)5-15-12-16-10(6-19-12)8-3-2-7(13)4-9(8)14/h2-4,6H,5H2,1H3,(H,15,16). The van der Waals surface area contributed by atoms with Gasteiger partial charge in [0.05, 0.1) is 17.8 Å². The van der Waals surface area contributed by atoms with E-state index in [2.05, 4.69) is 15.0 Å². The molecule has 2 rings (SSSR count). The number of ether oxygens (including phenoxy) is 1. The third-order valence-electron chi connectivity index (χ3n) is 2.32. The van der Waals surface area contributed by atoms with E-state index in [1.165, 1.54) is 18.4 Å². The van der Waals surface area contributed by atoms with E-state index in [4.69, 9.17) is 23.2 Å². The molecule has 0 saturated carbocycles. The van der Waals surface area contributed by atoms with Crippen LogP contribution in [0, 0.1) is 0 Å². The summed E-state index contributed by atoms with van der Waals surface area (Å²) in [6.07, 6.45) is 0. The van der Waals surface area contributed by atoms with Crippen LogP contribution in [-0.2, 0) is 9.53 Å². The molecule has 19 heavy (non-hydrogen) atoms. The zero-order valence-electron chi connectivity index (χ0n) is 9.94. The van der Waals surface area contributed by atoms with E-state index < -0.39 is 0 Å². The molecule has 1 aromatic heterocycles. The van der Waals surface area contributed by atoms with Gasteiger partial charge in [-0.05, 0) is 18.2 Å². The number of halogens is 2. The lowest BCUT2D eigenvalue weighted by molar-refractivity contribution is -0.138. The van der Waals surface area contributed by atoms with Gasteiger partial charge in [-0.25, -0.2) is 4.98 Å². The first-order valence-electron chi connectivity index (χ1n) is 5.32. The number of thiazole rings is 1. The Morgan fingerprint density at radius 3 is 2.95 bits per heavy atom. The molecule has 100 valence electrons. The smallest absolute Gasteiger partial charge is 0.325 e. The van der Waals surface area contributed by atoms with Crippen molar-refractivity contribution in [1.29, 1.82) is 0 Å². The van der Waals surface area contributed by atoms with Crippen LogP contribution in [0.3, 0.4) is 0 Å². The number of anilines is 1. The van der Waals surface area contributed by atoms with Gasteiger partial charge in [0.2, 0.25) is 0 Å².